The van der Waals surface area contributed by atoms with Gasteiger partial charge < -0.3 is 15.2 Å². The van der Waals surface area contributed by atoms with Gasteiger partial charge in [0.2, 0.25) is 0 Å². The van der Waals surface area contributed by atoms with Crippen LogP contribution in [0.4, 0.5) is 0 Å². The highest BCUT2D eigenvalue weighted by molar-refractivity contribution is 5.96. The highest BCUT2D eigenvalue weighted by Crippen LogP contribution is 2.36. The van der Waals surface area contributed by atoms with Gasteiger partial charge >= 0.3 is 5.97 Å². The molecule has 2 aromatic rings. The number of benzene rings is 2. The molecule has 2 N–H and O–H groups in total. The standard InChI is InChI=1S/C19H19NO4/c1-12(20)19(22)24-15-8-6-13(7-9-15)17(21)10-14-11-23-18-5-3-2-4-16(14)18/h2-9,12,14H,10-11,20H2,1H3/t12-,14?/m0/s1. The van der Waals surface area contributed by atoms with Crippen molar-refractivity contribution in [3.63, 3.8) is 0 Å². The van der Waals surface area contributed by atoms with Crippen LogP contribution in [0, 0.1) is 0 Å². The zero-order valence-corrected chi connectivity index (χ0v) is 13.4. The zero-order chi connectivity index (χ0) is 17.1. The monoisotopic (exact) mass is 325 g/mol. The van der Waals surface area contributed by atoms with Crippen molar-refractivity contribution >= 4 is 11.8 Å². The normalized spacial score (nSPS) is 16.8. The molecule has 0 fully saturated rings. The van der Waals surface area contributed by atoms with Crippen LogP contribution in [0.1, 0.15) is 35.2 Å². The fourth-order valence-corrected chi connectivity index (χ4v) is 2.66. The molecule has 2 aromatic carbocycles. The van der Waals surface area contributed by atoms with Crippen LogP contribution >= 0.6 is 0 Å². The fraction of sp³-hybridized carbons (Fsp3) is 0.263. The summed E-state index contributed by atoms with van der Waals surface area (Å²) >= 11 is 0. The van der Waals surface area contributed by atoms with E-state index in [2.05, 4.69) is 0 Å². The second kappa shape index (κ2) is 6.84. The van der Waals surface area contributed by atoms with Gasteiger partial charge in [-0.25, -0.2) is 4.79 Å². The van der Waals surface area contributed by atoms with Gasteiger partial charge in [0, 0.05) is 23.5 Å². The van der Waals surface area contributed by atoms with Crippen molar-refractivity contribution in [2.45, 2.75) is 25.3 Å². The van der Waals surface area contributed by atoms with Gasteiger partial charge in [-0.2, -0.15) is 0 Å². The van der Waals surface area contributed by atoms with E-state index in [9.17, 15) is 9.59 Å². The number of nitrogens with two attached hydrogens (primary N) is 1. The minimum Gasteiger partial charge on any atom is -0.493 e. The number of ketones is 1. The van der Waals surface area contributed by atoms with Crippen molar-refractivity contribution < 1.29 is 19.1 Å². The maximum absolute atomic E-state index is 12.5. The molecule has 1 unspecified atom stereocenters. The van der Waals surface area contributed by atoms with E-state index in [1.165, 1.54) is 0 Å². The van der Waals surface area contributed by atoms with Crippen molar-refractivity contribution in [1.82, 2.24) is 0 Å². The Morgan fingerprint density at radius 3 is 2.62 bits per heavy atom. The van der Waals surface area contributed by atoms with E-state index in [1.54, 1.807) is 31.2 Å². The molecule has 124 valence electrons. The molecule has 0 saturated heterocycles. The fourth-order valence-electron chi connectivity index (χ4n) is 2.66. The number of hydrogen-bond acceptors (Lipinski definition) is 5. The first-order valence-corrected chi connectivity index (χ1v) is 7.87. The largest absolute Gasteiger partial charge is 0.493 e. The van der Waals surface area contributed by atoms with E-state index >= 15 is 0 Å². The average molecular weight is 325 g/mol. The molecule has 0 aliphatic carbocycles. The summed E-state index contributed by atoms with van der Waals surface area (Å²) in [6.45, 7) is 2.08. The van der Waals surface area contributed by atoms with Crippen LogP contribution in [-0.4, -0.2) is 24.4 Å². The molecule has 0 bridgehead atoms. The predicted octanol–water partition coefficient (Wildman–Crippen LogP) is 2.69. The second-order valence-corrected chi connectivity index (χ2v) is 5.91. The maximum atomic E-state index is 12.5. The minimum atomic E-state index is -0.686. The molecule has 1 aliphatic rings. The Kier molecular flexibility index (Phi) is 4.62. The number of para-hydroxylation sites is 1. The molecule has 0 aromatic heterocycles. The van der Waals surface area contributed by atoms with E-state index in [-0.39, 0.29) is 11.7 Å². The maximum Gasteiger partial charge on any atom is 0.328 e. The summed E-state index contributed by atoms with van der Waals surface area (Å²) in [5, 5.41) is 0. The Balaban J connectivity index is 1.65. The highest BCUT2D eigenvalue weighted by atomic mass is 16.5. The van der Waals surface area contributed by atoms with E-state index < -0.39 is 12.0 Å². The summed E-state index contributed by atoms with van der Waals surface area (Å²) in [6, 6.07) is 13.6. The van der Waals surface area contributed by atoms with Gasteiger partial charge in [0.1, 0.15) is 17.5 Å². The van der Waals surface area contributed by atoms with Crippen molar-refractivity contribution in [2.75, 3.05) is 6.61 Å². The second-order valence-electron chi connectivity index (χ2n) is 5.91. The van der Waals surface area contributed by atoms with Crippen LogP contribution in [0.5, 0.6) is 11.5 Å². The summed E-state index contributed by atoms with van der Waals surface area (Å²) in [5.41, 5.74) is 7.11. The molecule has 0 spiro atoms. The number of carbonyl (C=O) groups is 2. The van der Waals surface area contributed by atoms with Gasteiger partial charge in [0.25, 0.3) is 0 Å². The molecule has 5 nitrogen and oxygen atoms in total. The Labute approximate surface area is 140 Å². The van der Waals surface area contributed by atoms with Crippen molar-refractivity contribution in [2.24, 2.45) is 5.73 Å². The third kappa shape index (κ3) is 3.46. The van der Waals surface area contributed by atoms with Crippen LogP contribution in [0.15, 0.2) is 48.5 Å². The first-order chi connectivity index (χ1) is 11.5. The highest BCUT2D eigenvalue weighted by Gasteiger charge is 2.26. The Hall–Kier alpha value is -2.66. The van der Waals surface area contributed by atoms with Gasteiger partial charge in [0.15, 0.2) is 5.78 Å². The first-order valence-electron chi connectivity index (χ1n) is 7.87. The van der Waals surface area contributed by atoms with E-state index in [4.69, 9.17) is 15.2 Å². The van der Waals surface area contributed by atoms with Crippen molar-refractivity contribution in [1.29, 1.82) is 0 Å². The Morgan fingerprint density at radius 1 is 1.21 bits per heavy atom. The minimum absolute atomic E-state index is 0.0328. The van der Waals surface area contributed by atoms with Crippen LogP contribution < -0.4 is 15.2 Å². The molecule has 0 amide bonds. The predicted molar refractivity (Wildman–Crippen MR) is 89.4 cm³/mol. The van der Waals surface area contributed by atoms with Crippen LogP contribution in [0.2, 0.25) is 0 Å². The molecule has 0 radical (unpaired) electrons. The quantitative estimate of drug-likeness (QED) is 0.519. The SMILES string of the molecule is C[C@H](N)C(=O)Oc1ccc(C(=O)CC2COc3ccccc32)cc1. The third-order valence-corrected chi connectivity index (χ3v) is 4.00. The molecule has 0 saturated carbocycles. The lowest BCUT2D eigenvalue weighted by Gasteiger charge is -2.09. The Morgan fingerprint density at radius 2 is 1.92 bits per heavy atom. The smallest absolute Gasteiger partial charge is 0.328 e. The van der Waals surface area contributed by atoms with Gasteiger partial charge in [-0.3, -0.25) is 4.79 Å². The molecule has 5 heteroatoms. The van der Waals surface area contributed by atoms with Gasteiger partial charge in [0.05, 0.1) is 6.61 Å². The Bertz CT molecular complexity index is 752. The van der Waals surface area contributed by atoms with Crippen LogP contribution in [0.3, 0.4) is 0 Å². The van der Waals surface area contributed by atoms with Crippen LogP contribution in [0.25, 0.3) is 0 Å². The number of hydrogen-bond donors (Lipinski definition) is 1. The summed E-state index contributed by atoms with van der Waals surface area (Å²) < 4.78 is 10.7. The number of ether oxygens (including phenoxy) is 2. The zero-order valence-electron chi connectivity index (χ0n) is 13.4. The number of carbonyl (C=O) groups excluding carboxylic acids is 2. The first kappa shape index (κ1) is 16.2. The number of rotatable bonds is 5. The summed E-state index contributed by atoms with van der Waals surface area (Å²) in [5.74, 6) is 0.834. The summed E-state index contributed by atoms with van der Waals surface area (Å²) in [6.07, 6.45) is 0.385. The van der Waals surface area contributed by atoms with E-state index in [0.717, 1.165) is 11.3 Å². The molecular formula is C19H19NO4. The lowest BCUT2D eigenvalue weighted by atomic mass is 9.93. The summed E-state index contributed by atoms with van der Waals surface area (Å²) in [4.78, 5) is 23.9. The van der Waals surface area contributed by atoms with Crippen LogP contribution in [-0.2, 0) is 4.79 Å². The number of esters is 1. The molecule has 2 atom stereocenters. The molecule has 1 aliphatic heterocycles. The molecule has 1 heterocycles. The van der Waals surface area contributed by atoms with Crippen molar-refractivity contribution in [3.05, 3.63) is 59.7 Å². The molecule has 3 rings (SSSR count). The van der Waals surface area contributed by atoms with E-state index in [0.29, 0.717) is 24.3 Å². The van der Waals surface area contributed by atoms with Gasteiger partial charge in [-0.1, -0.05) is 18.2 Å². The lowest BCUT2D eigenvalue weighted by molar-refractivity contribution is -0.135. The van der Waals surface area contributed by atoms with Gasteiger partial charge in [-0.05, 0) is 37.3 Å². The molecule has 24 heavy (non-hydrogen) atoms. The molecular weight excluding hydrogens is 306 g/mol. The lowest BCUT2D eigenvalue weighted by Crippen LogP contribution is -2.30. The number of fused-ring (bicyclic) bond motifs is 1. The summed E-state index contributed by atoms with van der Waals surface area (Å²) in [7, 11) is 0. The van der Waals surface area contributed by atoms with Gasteiger partial charge in [-0.15, -0.1) is 0 Å². The van der Waals surface area contributed by atoms with Crippen molar-refractivity contribution in [3.8, 4) is 11.5 Å². The van der Waals surface area contributed by atoms with E-state index in [1.807, 2.05) is 24.3 Å². The average Bonchev–Trinajstić information content (AvgIpc) is 2.98. The third-order valence-electron chi connectivity index (χ3n) is 4.00. The topological polar surface area (TPSA) is 78.6 Å². The number of Topliss-reactive ketones (excluding diaryl/α,β-unsaturated/α-hetero) is 1.